The van der Waals surface area contributed by atoms with Crippen molar-refractivity contribution in [3.8, 4) is 17.2 Å². The number of aliphatic imine (C=N–C) groups is 1. The van der Waals surface area contributed by atoms with Gasteiger partial charge in [-0.3, -0.25) is 4.99 Å². The standard InChI is InChI=1S/C21H29N3O3/c1-6-27-18-12-10-16(11-13-18)15-24(3)21(22-2)23-14-17-8-7-9-19(25-4)20(17)26-5/h7-13H,6,14-15H2,1-5H3,(H,22,23). The first kappa shape index (κ1) is 20.4. The van der Waals surface area contributed by atoms with Crippen LogP contribution in [0.2, 0.25) is 0 Å². The fourth-order valence-corrected chi connectivity index (χ4v) is 2.86. The molecule has 0 fully saturated rings. The Balaban J connectivity index is 2.00. The van der Waals surface area contributed by atoms with E-state index in [4.69, 9.17) is 14.2 Å². The van der Waals surface area contributed by atoms with Crippen molar-refractivity contribution in [2.24, 2.45) is 4.99 Å². The number of methoxy groups -OCH3 is 2. The van der Waals surface area contributed by atoms with Gasteiger partial charge in [0.2, 0.25) is 0 Å². The highest BCUT2D eigenvalue weighted by atomic mass is 16.5. The van der Waals surface area contributed by atoms with Gasteiger partial charge in [-0.15, -0.1) is 0 Å². The minimum atomic E-state index is 0.584. The lowest BCUT2D eigenvalue weighted by atomic mass is 10.2. The van der Waals surface area contributed by atoms with E-state index in [1.807, 2.05) is 44.3 Å². The topological polar surface area (TPSA) is 55.3 Å². The van der Waals surface area contributed by atoms with Crippen molar-refractivity contribution in [2.45, 2.75) is 20.0 Å². The van der Waals surface area contributed by atoms with E-state index in [1.165, 1.54) is 5.56 Å². The normalized spacial score (nSPS) is 11.1. The molecule has 0 bridgehead atoms. The second-order valence-electron chi connectivity index (χ2n) is 5.99. The molecular weight excluding hydrogens is 342 g/mol. The van der Waals surface area contributed by atoms with Crippen molar-refractivity contribution in [3.63, 3.8) is 0 Å². The zero-order valence-electron chi connectivity index (χ0n) is 16.8. The van der Waals surface area contributed by atoms with Crippen LogP contribution < -0.4 is 19.5 Å². The minimum absolute atomic E-state index is 0.584. The van der Waals surface area contributed by atoms with Crippen LogP contribution in [-0.4, -0.2) is 45.8 Å². The molecule has 0 heterocycles. The Bertz CT molecular complexity index is 745. The van der Waals surface area contributed by atoms with Gasteiger partial charge in [0.25, 0.3) is 0 Å². The third kappa shape index (κ3) is 5.54. The monoisotopic (exact) mass is 371 g/mol. The Morgan fingerprint density at radius 2 is 1.81 bits per heavy atom. The molecular formula is C21H29N3O3. The molecule has 0 unspecified atom stereocenters. The third-order valence-corrected chi connectivity index (χ3v) is 4.15. The summed E-state index contributed by atoms with van der Waals surface area (Å²) in [4.78, 5) is 6.45. The molecule has 0 radical (unpaired) electrons. The van der Waals surface area contributed by atoms with Crippen LogP contribution in [0.3, 0.4) is 0 Å². The Labute approximate surface area is 161 Å². The van der Waals surface area contributed by atoms with Gasteiger partial charge in [0, 0.05) is 32.7 Å². The van der Waals surface area contributed by atoms with Crippen LogP contribution >= 0.6 is 0 Å². The molecule has 0 aliphatic rings. The molecule has 6 heteroatoms. The zero-order valence-corrected chi connectivity index (χ0v) is 16.8. The predicted molar refractivity (Wildman–Crippen MR) is 109 cm³/mol. The first-order valence-corrected chi connectivity index (χ1v) is 8.96. The lowest BCUT2D eigenvalue weighted by Crippen LogP contribution is -2.38. The van der Waals surface area contributed by atoms with Gasteiger partial charge < -0.3 is 24.4 Å². The van der Waals surface area contributed by atoms with E-state index in [0.29, 0.717) is 13.2 Å². The summed E-state index contributed by atoms with van der Waals surface area (Å²) in [5.41, 5.74) is 2.19. The van der Waals surface area contributed by atoms with Crippen molar-refractivity contribution in [2.75, 3.05) is 34.9 Å². The van der Waals surface area contributed by atoms with Crippen molar-refractivity contribution >= 4 is 5.96 Å². The molecule has 6 nitrogen and oxygen atoms in total. The van der Waals surface area contributed by atoms with E-state index in [0.717, 1.165) is 35.3 Å². The number of hydrogen-bond acceptors (Lipinski definition) is 4. The van der Waals surface area contributed by atoms with E-state index in [1.54, 1.807) is 21.3 Å². The number of guanidine groups is 1. The van der Waals surface area contributed by atoms with Gasteiger partial charge in [0.15, 0.2) is 17.5 Å². The summed E-state index contributed by atoms with van der Waals surface area (Å²) in [7, 11) is 7.07. The number of ether oxygens (including phenoxy) is 3. The average Bonchev–Trinajstić information content (AvgIpc) is 2.69. The van der Waals surface area contributed by atoms with Crippen molar-refractivity contribution in [3.05, 3.63) is 53.6 Å². The second kappa shape index (κ2) is 10.3. The molecule has 0 amide bonds. The summed E-state index contributed by atoms with van der Waals surface area (Å²) < 4.78 is 16.3. The highest BCUT2D eigenvalue weighted by Crippen LogP contribution is 2.30. The first-order chi connectivity index (χ1) is 13.1. The van der Waals surface area contributed by atoms with Crippen LogP contribution in [0.15, 0.2) is 47.5 Å². The van der Waals surface area contributed by atoms with E-state index in [-0.39, 0.29) is 0 Å². The highest BCUT2D eigenvalue weighted by molar-refractivity contribution is 5.79. The molecule has 2 aromatic rings. The summed E-state index contributed by atoms with van der Waals surface area (Å²) in [6.07, 6.45) is 0. The second-order valence-corrected chi connectivity index (χ2v) is 5.99. The molecule has 0 saturated heterocycles. The van der Waals surface area contributed by atoms with Gasteiger partial charge in [0.1, 0.15) is 5.75 Å². The predicted octanol–water partition coefficient (Wildman–Crippen LogP) is 3.31. The maximum absolute atomic E-state index is 5.49. The van der Waals surface area contributed by atoms with Gasteiger partial charge >= 0.3 is 0 Å². The van der Waals surface area contributed by atoms with Crippen LogP contribution in [-0.2, 0) is 13.1 Å². The van der Waals surface area contributed by atoms with Crippen LogP contribution in [0.1, 0.15) is 18.1 Å². The number of nitrogens with one attached hydrogen (secondary N) is 1. The summed E-state index contributed by atoms with van der Waals surface area (Å²) in [6, 6.07) is 14.0. The molecule has 0 aliphatic carbocycles. The van der Waals surface area contributed by atoms with Gasteiger partial charge in [-0.2, -0.15) is 0 Å². The third-order valence-electron chi connectivity index (χ3n) is 4.15. The molecule has 1 N–H and O–H groups in total. The van der Waals surface area contributed by atoms with Crippen molar-refractivity contribution in [1.82, 2.24) is 10.2 Å². The zero-order chi connectivity index (χ0) is 19.6. The number of hydrogen-bond donors (Lipinski definition) is 1. The summed E-state index contributed by atoms with van der Waals surface area (Å²) in [5, 5.41) is 3.38. The van der Waals surface area contributed by atoms with Crippen LogP contribution in [0.5, 0.6) is 17.2 Å². The van der Waals surface area contributed by atoms with Gasteiger partial charge in [-0.25, -0.2) is 0 Å². The maximum Gasteiger partial charge on any atom is 0.193 e. The summed E-state index contributed by atoms with van der Waals surface area (Å²) >= 11 is 0. The molecule has 2 rings (SSSR count). The van der Waals surface area contributed by atoms with E-state index < -0.39 is 0 Å². The first-order valence-electron chi connectivity index (χ1n) is 8.96. The molecule has 0 aliphatic heterocycles. The Morgan fingerprint density at radius 1 is 1.07 bits per heavy atom. The molecule has 2 aromatic carbocycles. The summed E-state index contributed by atoms with van der Waals surface area (Å²) in [6.45, 7) is 3.97. The molecule has 0 aromatic heterocycles. The molecule has 27 heavy (non-hydrogen) atoms. The van der Waals surface area contributed by atoms with Gasteiger partial charge in [-0.05, 0) is 30.7 Å². The Morgan fingerprint density at radius 3 is 2.41 bits per heavy atom. The molecule has 0 spiro atoms. The molecule has 146 valence electrons. The van der Waals surface area contributed by atoms with Gasteiger partial charge in [-0.1, -0.05) is 24.3 Å². The summed E-state index contributed by atoms with van der Waals surface area (Å²) in [5.74, 6) is 3.14. The fraction of sp³-hybridized carbons (Fsp3) is 0.381. The van der Waals surface area contributed by atoms with E-state index in [2.05, 4.69) is 27.3 Å². The van der Waals surface area contributed by atoms with E-state index in [9.17, 15) is 0 Å². The van der Waals surface area contributed by atoms with Crippen LogP contribution in [0.4, 0.5) is 0 Å². The smallest absolute Gasteiger partial charge is 0.193 e. The largest absolute Gasteiger partial charge is 0.494 e. The quantitative estimate of drug-likeness (QED) is 0.570. The van der Waals surface area contributed by atoms with E-state index >= 15 is 0 Å². The Hall–Kier alpha value is -2.89. The molecule has 0 saturated carbocycles. The lowest BCUT2D eigenvalue weighted by Gasteiger charge is -2.23. The Kier molecular flexibility index (Phi) is 7.79. The number of benzene rings is 2. The van der Waals surface area contributed by atoms with Crippen molar-refractivity contribution in [1.29, 1.82) is 0 Å². The molecule has 0 atom stereocenters. The SMILES string of the molecule is CCOc1ccc(CN(C)C(=NC)NCc2cccc(OC)c2OC)cc1. The number of rotatable bonds is 8. The highest BCUT2D eigenvalue weighted by Gasteiger charge is 2.12. The van der Waals surface area contributed by atoms with Crippen LogP contribution in [0.25, 0.3) is 0 Å². The number of nitrogens with zero attached hydrogens (tertiary/aromatic N) is 2. The van der Waals surface area contributed by atoms with Crippen LogP contribution in [0, 0.1) is 0 Å². The lowest BCUT2D eigenvalue weighted by molar-refractivity contribution is 0.340. The van der Waals surface area contributed by atoms with Crippen molar-refractivity contribution < 1.29 is 14.2 Å². The fourth-order valence-electron chi connectivity index (χ4n) is 2.86. The average molecular weight is 371 g/mol. The van der Waals surface area contributed by atoms with Gasteiger partial charge in [0.05, 0.1) is 20.8 Å². The maximum atomic E-state index is 5.49. The minimum Gasteiger partial charge on any atom is -0.494 e. The number of para-hydroxylation sites is 1.